The van der Waals surface area contributed by atoms with Crippen molar-refractivity contribution in [2.75, 3.05) is 19.6 Å². The quantitative estimate of drug-likeness (QED) is 0.461. The van der Waals surface area contributed by atoms with Crippen LogP contribution in [-0.2, 0) is 14.4 Å². The predicted octanol–water partition coefficient (Wildman–Crippen LogP) is -2.32. The van der Waals surface area contributed by atoms with Gasteiger partial charge in [-0.15, -0.1) is 0 Å². The van der Waals surface area contributed by atoms with Gasteiger partial charge in [0.2, 0.25) is 17.7 Å². The van der Waals surface area contributed by atoms with Gasteiger partial charge < -0.3 is 10.6 Å². The van der Waals surface area contributed by atoms with E-state index in [0.717, 1.165) is 0 Å². The summed E-state index contributed by atoms with van der Waals surface area (Å²) in [5.41, 5.74) is 5.19. The molecule has 2 saturated heterocycles. The molecule has 6 nitrogen and oxygen atoms in total. The molecular weight excluding hydrogens is 186 g/mol. The zero-order chi connectivity index (χ0) is 10.3. The van der Waals surface area contributed by atoms with E-state index in [9.17, 15) is 14.4 Å². The summed E-state index contributed by atoms with van der Waals surface area (Å²) >= 11 is 0. The molecule has 0 aromatic carbocycles. The van der Waals surface area contributed by atoms with E-state index in [1.54, 1.807) is 0 Å². The number of carbonyl (C=O) groups is 3. The van der Waals surface area contributed by atoms with Crippen molar-refractivity contribution in [1.29, 1.82) is 0 Å². The van der Waals surface area contributed by atoms with Crippen molar-refractivity contribution < 1.29 is 14.4 Å². The fourth-order valence-corrected chi connectivity index (χ4v) is 1.97. The van der Waals surface area contributed by atoms with E-state index < -0.39 is 0 Å². The molecule has 2 aliphatic rings. The Labute approximate surface area is 80.4 Å². The molecule has 14 heavy (non-hydrogen) atoms. The number of amides is 3. The molecule has 0 spiro atoms. The third kappa shape index (κ3) is 1.19. The van der Waals surface area contributed by atoms with Gasteiger partial charge in [0.15, 0.2) is 0 Å². The van der Waals surface area contributed by atoms with Gasteiger partial charge in [-0.25, -0.2) is 0 Å². The molecule has 76 valence electrons. The van der Waals surface area contributed by atoms with Gasteiger partial charge in [-0.1, -0.05) is 0 Å². The van der Waals surface area contributed by atoms with E-state index >= 15 is 0 Å². The Hall–Kier alpha value is -1.43. The first-order valence-electron chi connectivity index (χ1n) is 4.46. The summed E-state index contributed by atoms with van der Waals surface area (Å²) in [6, 6.07) is 0. The van der Waals surface area contributed by atoms with Crippen LogP contribution in [-0.4, -0.2) is 42.3 Å². The fraction of sp³-hybridized carbons (Fsp3) is 0.625. The number of nitrogens with zero attached hydrogens (tertiary/aromatic N) is 1. The lowest BCUT2D eigenvalue weighted by Gasteiger charge is -2.15. The van der Waals surface area contributed by atoms with Crippen LogP contribution in [0.2, 0.25) is 0 Å². The van der Waals surface area contributed by atoms with Crippen LogP contribution in [0.25, 0.3) is 0 Å². The molecule has 0 aromatic rings. The third-order valence-corrected chi connectivity index (χ3v) is 2.77. The molecule has 2 heterocycles. The minimum Gasteiger partial charge on any atom is -0.340 e. The summed E-state index contributed by atoms with van der Waals surface area (Å²) in [4.78, 5) is 35.1. The molecule has 3 amide bonds. The van der Waals surface area contributed by atoms with Gasteiger partial charge in [-0.05, 0) is 0 Å². The van der Waals surface area contributed by atoms with E-state index in [0.29, 0.717) is 13.1 Å². The Balaban J connectivity index is 2.11. The van der Waals surface area contributed by atoms with E-state index in [1.165, 1.54) is 4.90 Å². The summed E-state index contributed by atoms with van der Waals surface area (Å²) in [6.07, 6.45) is 0. The Morgan fingerprint density at radius 1 is 1.36 bits per heavy atom. The predicted molar refractivity (Wildman–Crippen MR) is 45.8 cm³/mol. The molecule has 3 N–H and O–H groups in total. The smallest absolute Gasteiger partial charge is 0.236 e. The average molecular weight is 197 g/mol. The van der Waals surface area contributed by atoms with E-state index in [2.05, 4.69) is 5.32 Å². The minimum absolute atomic E-state index is 0.0742. The maximum absolute atomic E-state index is 11.2. The van der Waals surface area contributed by atoms with Crippen molar-refractivity contribution in [3.63, 3.8) is 0 Å². The van der Waals surface area contributed by atoms with Crippen LogP contribution < -0.4 is 11.1 Å². The van der Waals surface area contributed by atoms with Crippen molar-refractivity contribution in [3.05, 3.63) is 0 Å². The molecule has 0 aromatic heterocycles. The molecule has 0 saturated carbocycles. The van der Waals surface area contributed by atoms with Gasteiger partial charge in [-0.3, -0.25) is 19.7 Å². The van der Waals surface area contributed by atoms with Crippen LogP contribution in [0.3, 0.4) is 0 Å². The van der Waals surface area contributed by atoms with Crippen molar-refractivity contribution >= 4 is 17.7 Å². The first kappa shape index (κ1) is 9.14. The van der Waals surface area contributed by atoms with Gasteiger partial charge in [-0.2, -0.15) is 0 Å². The van der Waals surface area contributed by atoms with Crippen LogP contribution in [0.15, 0.2) is 0 Å². The highest BCUT2D eigenvalue weighted by molar-refractivity contribution is 6.06. The zero-order valence-corrected chi connectivity index (χ0v) is 7.53. The molecule has 2 atom stereocenters. The lowest BCUT2D eigenvalue weighted by molar-refractivity contribution is -0.130. The summed E-state index contributed by atoms with van der Waals surface area (Å²) < 4.78 is 0. The van der Waals surface area contributed by atoms with Crippen molar-refractivity contribution in [1.82, 2.24) is 10.2 Å². The van der Waals surface area contributed by atoms with Crippen LogP contribution in [0.1, 0.15) is 0 Å². The summed E-state index contributed by atoms with van der Waals surface area (Å²) in [5, 5.41) is 2.25. The number of carbonyl (C=O) groups excluding carboxylic acids is 3. The Morgan fingerprint density at radius 3 is 2.29 bits per heavy atom. The Bertz CT molecular complexity index is 293. The Morgan fingerprint density at radius 2 is 1.86 bits per heavy atom. The Kier molecular flexibility index (Phi) is 1.99. The highest BCUT2D eigenvalue weighted by Gasteiger charge is 2.48. The average Bonchev–Trinajstić information content (AvgIpc) is 2.69. The lowest BCUT2D eigenvalue weighted by atomic mass is 10.00. The highest BCUT2D eigenvalue weighted by atomic mass is 16.2. The van der Waals surface area contributed by atoms with Gasteiger partial charge in [0.05, 0.1) is 18.4 Å². The van der Waals surface area contributed by atoms with E-state index in [-0.39, 0.29) is 36.1 Å². The molecule has 0 aliphatic carbocycles. The number of nitrogens with two attached hydrogens (primary N) is 1. The second kappa shape index (κ2) is 3.06. The third-order valence-electron chi connectivity index (χ3n) is 2.77. The van der Waals surface area contributed by atoms with Gasteiger partial charge >= 0.3 is 0 Å². The van der Waals surface area contributed by atoms with Crippen LogP contribution in [0.4, 0.5) is 0 Å². The van der Waals surface area contributed by atoms with Crippen molar-refractivity contribution in [2.45, 2.75) is 0 Å². The normalized spacial score (nSPS) is 30.5. The van der Waals surface area contributed by atoms with E-state index in [1.807, 2.05) is 0 Å². The van der Waals surface area contributed by atoms with Gasteiger partial charge in [0, 0.05) is 13.1 Å². The maximum Gasteiger partial charge on any atom is 0.236 e. The van der Waals surface area contributed by atoms with Crippen molar-refractivity contribution in [3.8, 4) is 0 Å². The van der Waals surface area contributed by atoms with Crippen molar-refractivity contribution in [2.24, 2.45) is 17.6 Å². The summed E-state index contributed by atoms with van der Waals surface area (Å²) in [5.74, 6) is -1.48. The summed E-state index contributed by atoms with van der Waals surface area (Å²) in [7, 11) is 0. The SMILES string of the molecule is NCC(=O)N1C[C@@H]2C(=O)NC(=O)[C@H]2C1. The minimum atomic E-state index is -0.363. The largest absolute Gasteiger partial charge is 0.340 e. The molecule has 2 rings (SSSR count). The van der Waals surface area contributed by atoms with Crippen LogP contribution in [0.5, 0.6) is 0 Å². The molecular formula is C8H11N3O3. The monoisotopic (exact) mass is 197 g/mol. The maximum atomic E-state index is 11.2. The van der Waals surface area contributed by atoms with Crippen LogP contribution in [0, 0.1) is 11.8 Å². The molecule has 2 fully saturated rings. The topological polar surface area (TPSA) is 92.5 Å². The molecule has 0 unspecified atom stereocenters. The highest BCUT2D eigenvalue weighted by Crippen LogP contribution is 2.27. The number of likely N-dealkylation sites (tertiary alicyclic amines) is 1. The second-order valence-electron chi connectivity index (χ2n) is 3.57. The first-order valence-corrected chi connectivity index (χ1v) is 4.46. The number of rotatable bonds is 1. The number of nitrogens with one attached hydrogen (secondary N) is 1. The van der Waals surface area contributed by atoms with Gasteiger partial charge in [0.1, 0.15) is 0 Å². The molecule has 2 aliphatic heterocycles. The summed E-state index contributed by atoms with van der Waals surface area (Å²) in [6.45, 7) is 0.561. The lowest BCUT2D eigenvalue weighted by Crippen LogP contribution is -2.38. The number of hydrogen-bond acceptors (Lipinski definition) is 4. The molecule has 0 bridgehead atoms. The van der Waals surface area contributed by atoms with Gasteiger partial charge in [0.25, 0.3) is 0 Å². The van der Waals surface area contributed by atoms with E-state index in [4.69, 9.17) is 5.73 Å². The number of hydrogen-bond donors (Lipinski definition) is 2. The number of imide groups is 1. The standard InChI is InChI=1S/C8H11N3O3/c9-1-6(12)11-2-4-5(3-11)8(14)10-7(4)13/h4-5H,1-3,9H2,(H,10,13,14)/t4-,5-/m0/s1. The fourth-order valence-electron chi connectivity index (χ4n) is 1.97. The molecule has 0 radical (unpaired) electrons. The first-order chi connectivity index (χ1) is 6.63. The molecule has 6 heteroatoms. The zero-order valence-electron chi connectivity index (χ0n) is 7.53. The second-order valence-corrected chi connectivity index (χ2v) is 3.57. The number of fused-ring (bicyclic) bond motifs is 1. The van der Waals surface area contributed by atoms with Crippen LogP contribution >= 0.6 is 0 Å².